The smallest absolute Gasteiger partial charge is 0.323 e. The van der Waals surface area contributed by atoms with Crippen molar-refractivity contribution in [2.45, 2.75) is 39.2 Å². The number of amides is 3. The maximum absolute atomic E-state index is 12.3. The first kappa shape index (κ1) is 13.3. The van der Waals surface area contributed by atoms with Crippen LogP contribution < -0.4 is 5.32 Å². The molecular formula is C13H23N3O2. The highest BCUT2D eigenvalue weighted by atomic mass is 16.2. The number of likely N-dealkylation sites (N-methyl/N-ethyl adjacent to an activating group) is 1. The minimum Gasteiger partial charge on any atom is -0.323 e. The van der Waals surface area contributed by atoms with E-state index in [-0.39, 0.29) is 11.9 Å². The van der Waals surface area contributed by atoms with E-state index in [1.165, 1.54) is 4.90 Å². The van der Waals surface area contributed by atoms with E-state index >= 15 is 0 Å². The minimum absolute atomic E-state index is 0.0285. The van der Waals surface area contributed by atoms with E-state index in [9.17, 15) is 9.59 Å². The number of rotatable bonds is 3. The van der Waals surface area contributed by atoms with E-state index in [0.29, 0.717) is 12.5 Å². The number of urea groups is 1. The van der Waals surface area contributed by atoms with Crippen LogP contribution in [0, 0.1) is 5.92 Å². The molecule has 0 bridgehead atoms. The molecule has 0 saturated carbocycles. The predicted octanol–water partition coefficient (Wildman–Crippen LogP) is 1.05. The molecule has 2 heterocycles. The van der Waals surface area contributed by atoms with Crippen LogP contribution in [0.1, 0.15) is 33.6 Å². The lowest BCUT2D eigenvalue weighted by molar-refractivity contribution is -0.132. The van der Waals surface area contributed by atoms with Crippen LogP contribution in [-0.4, -0.2) is 53.5 Å². The molecule has 1 spiro atoms. The molecule has 2 rings (SSSR count). The summed E-state index contributed by atoms with van der Waals surface area (Å²) in [6.45, 7) is 9.54. The first-order chi connectivity index (χ1) is 8.48. The molecule has 102 valence electrons. The lowest BCUT2D eigenvalue weighted by Crippen LogP contribution is -2.55. The summed E-state index contributed by atoms with van der Waals surface area (Å²) in [7, 11) is 0. The van der Waals surface area contributed by atoms with Crippen molar-refractivity contribution in [2.75, 3.05) is 26.2 Å². The van der Waals surface area contributed by atoms with Crippen molar-refractivity contribution in [3.05, 3.63) is 0 Å². The molecule has 5 heteroatoms. The third-order valence-electron chi connectivity index (χ3n) is 3.90. The quantitative estimate of drug-likeness (QED) is 0.765. The Labute approximate surface area is 108 Å². The number of hydrogen-bond donors (Lipinski definition) is 1. The van der Waals surface area contributed by atoms with Crippen molar-refractivity contribution in [1.82, 2.24) is 15.1 Å². The Kier molecular flexibility index (Phi) is 3.61. The first-order valence-electron chi connectivity index (χ1n) is 6.85. The third kappa shape index (κ3) is 2.23. The molecule has 0 radical (unpaired) electrons. The Bertz CT molecular complexity index is 346. The topological polar surface area (TPSA) is 52.7 Å². The van der Waals surface area contributed by atoms with E-state index in [2.05, 4.69) is 24.1 Å². The molecule has 18 heavy (non-hydrogen) atoms. The first-order valence-corrected chi connectivity index (χ1v) is 6.85. The van der Waals surface area contributed by atoms with Crippen molar-refractivity contribution < 1.29 is 9.59 Å². The average Bonchev–Trinajstić information content (AvgIpc) is 2.54. The van der Waals surface area contributed by atoms with Gasteiger partial charge < -0.3 is 10.2 Å². The Balaban J connectivity index is 2.00. The molecule has 0 aromatic heterocycles. The van der Waals surface area contributed by atoms with Crippen molar-refractivity contribution >= 4 is 11.9 Å². The Morgan fingerprint density at radius 1 is 1.28 bits per heavy atom. The van der Waals surface area contributed by atoms with Gasteiger partial charge in [-0.2, -0.15) is 0 Å². The molecule has 3 amide bonds. The highest BCUT2D eigenvalue weighted by Gasteiger charge is 2.51. The van der Waals surface area contributed by atoms with Crippen LogP contribution in [0.5, 0.6) is 0 Å². The summed E-state index contributed by atoms with van der Waals surface area (Å²) in [5.74, 6) is 0.610. The minimum atomic E-state index is -0.611. The molecule has 0 aliphatic carbocycles. The number of carbonyl (C=O) groups is 2. The van der Waals surface area contributed by atoms with Gasteiger partial charge in [-0.25, -0.2) is 4.79 Å². The van der Waals surface area contributed by atoms with Crippen LogP contribution in [0.3, 0.4) is 0 Å². The lowest BCUT2D eigenvalue weighted by Gasteiger charge is -2.37. The Morgan fingerprint density at radius 2 is 1.89 bits per heavy atom. The van der Waals surface area contributed by atoms with Crippen LogP contribution in [0.25, 0.3) is 0 Å². The molecule has 0 unspecified atom stereocenters. The normalized spacial score (nSPS) is 24.1. The molecule has 0 aromatic rings. The molecule has 2 aliphatic rings. The number of imide groups is 1. The molecule has 2 fully saturated rings. The van der Waals surface area contributed by atoms with Crippen LogP contribution in [0.2, 0.25) is 0 Å². The molecule has 1 N–H and O–H groups in total. The van der Waals surface area contributed by atoms with Crippen LogP contribution >= 0.6 is 0 Å². The van der Waals surface area contributed by atoms with Crippen LogP contribution in [0.4, 0.5) is 4.79 Å². The second kappa shape index (κ2) is 4.88. The Hall–Kier alpha value is -1.10. The summed E-state index contributed by atoms with van der Waals surface area (Å²) in [4.78, 5) is 27.7. The highest BCUT2D eigenvalue weighted by Crippen LogP contribution is 2.29. The third-order valence-corrected chi connectivity index (χ3v) is 3.90. The van der Waals surface area contributed by atoms with Crippen molar-refractivity contribution in [3.63, 3.8) is 0 Å². The summed E-state index contributed by atoms with van der Waals surface area (Å²) in [5, 5.41) is 2.90. The maximum atomic E-state index is 12.3. The van der Waals surface area contributed by atoms with Crippen LogP contribution in [0.15, 0.2) is 0 Å². The molecule has 2 saturated heterocycles. The maximum Gasteiger partial charge on any atom is 0.325 e. The summed E-state index contributed by atoms with van der Waals surface area (Å²) in [6, 6.07) is -0.222. The van der Waals surface area contributed by atoms with E-state index < -0.39 is 5.54 Å². The van der Waals surface area contributed by atoms with Gasteiger partial charge >= 0.3 is 6.03 Å². The number of hydrogen-bond acceptors (Lipinski definition) is 3. The van der Waals surface area contributed by atoms with Gasteiger partial charge in [0.1, 0.15) is 5.54 Å². The van der Waals surface area contributed by atoms with E-state index in [1.54, 1.807) is 0 Å². The zero-order valence-corrected chi connectivity index (χ0v) is 11.5. The summed E-state index contributed by atoms with van der Waals surface area (Å²) < 4.78 is 0. The summed E-state index contributed by atoms with van der Waals surface area (Å²) in [5.41, 5.74) is -0.611. The van der Waals surface area contributed by atoms with Gasteiger partial charge in [-0.1, -0.05) is 13.8 Å². The monoisotopic (exact) mass is 253 g/mol. The van der Waals surface area contributed by atoms with Gasteiger partial charge in [-0.15, -0.1) is 0 Å². The van der Waals surface area contributed by atoms with Crippen molar-refractivity contribution in [2.24, 2.45) is 5.92 Å². The van der Waals surface area contributed by atoms with E-state index in [1.807, 2.05) is 6.92 Å². The summed E-state index contributed by atoms with van der Waals surface area (Å²) in [6.07, 6.45) is 1.47. The second-order valence-corrected chi connectivity index (χ2v) is 5.76. The van der Waals surface area contributed by atoms with Gasteiger partial charge in [0, 0.05) is 26.2 Å². The SMILES string of the molecule is CCN1C(=O)NC2(CCN(CC(C)C)CC2)C1=O. The molecular weight excluding hydrogens is 230 g/mol. The van der Waals surface area contributed by atoms with E-state index in [4.69, 9.17) is 0 Å². The zero-order chi connectivity index (χ0) is 13.3. The molecule has 5 nitrogen and oxygen atoms in total. The van der Waals surface area contributed by atoms with Gasteiger partial charge in [-0.3, -0.25) is 9.69 Å². The van der Waals surface area contributed by atoms with Gasteiger partial charge in [-0.05, 0) is 25.7 Å². The van der Waals surface area contributed by atoms with Crippen LogP contribution in [-0.2, 0) is 4.79 Å². The highest BCUT2D eigenvalue weighted by molar-refractivity contribution is 6.07. The largest absolute Gasteiger partial charge is 0.325 e. The average molecular weight is 253 g/mol. The summed E-state index contributed by atoms with van der Waals surface area (Å²) >= 11 is 0. The Morgan fingerprint density at radius 3 is 2.33 bits per heavy atom. The number of likely N-dealkylation sites (tertiary alicyclic amines) is 1. The number of nitrogens with zero attached hydrogens (tertiary/aromatic N) is 2. The fourth-order valence-corrected chi connectivity index (χ4v) is 2.94. The fraction of sp³-hybridized carbons (Fsp3) is 0.846. The predicted molar refractivity (Wildman–Crippen MR) is 69.2 cm³/mol. The lowest BCUT2D eigenvalue weighted by atomic mass is 9.87. The fourth-order valence-electron chi connectivity index (χ4n) is 2.94. The van der Waals surface area contributed by atoms with Gasteiger partial charge in [0.15, 0.2) is 0 Å². The van der Waals surface area contributed by atoms with Gasteiger partial charge in [0.25, 0.3) is 5.91 Å². The van der Waals surface area contributed by atoms with Crippen molar-refractivity contribution in [3.8, 4) is 0 Å². The standard InChI is InChI=1S/C13H23N3O2/c1-4-16-11(17)13(14-12(16)18)5-7-15(8-6-13)9-10(2)3/h10H,4-9H2,1-3H3,(H,14,18). The zero-order valence-electron chi connectivity index (χ0n) is 11.5. The van der Waals surface area contributed by atoms with Crippen molar-refractivity contribution in [1.29, 1.82) is 0 Å². The second-order valence-electron chi connectivity index (χ2n) is 5.76. The molecule has 0 atom stereocenters. The number of carbonyl (C=O) groups excluding carboxylic acids is 2. The number of piperidine rings is 1. The van der Waals surface area contributed by atoms with Gasteiger partial charge in [0.2, 0.25) is 0 Å². The molecule has 2 aliphatic heterocycles. The van der Waals surface area contributed by atoms with E-state index in [0.717, 1.165) is 32.5 Å². The number of nitrogens with one attached hydrogen (secondary N) is 1. The van der Waals surface area contributed by atoms with Gasteiger partial charge in [0.05, 0.1) is 0 Å². The molecule has 0 aromatic carbocycles.